The summed E-state index contributed by atoms with van der Waals surface area (Å²) in [7, 11) is 0. The minimum absolute atomic E-state index is 0.370. The molecule has 0 spiro atoms. The molecular formula is C17H27NO2. The molecule has 112 valence electrons. The lowest BCUT2D eigenvalue weighted by Crippen LogP contribution is -2.27. The lowest BCUT2D eigenvalue weighted by molar-refractivity contribution is -0.00117. The fourth-order valence-electron chi connectivity index (χ4n) is 2.58. The van der Waals surface area contributed by atoms with Crippen molar-refractivity contribution in [1.82, 2.24) is 0 Å². The standard InChI is InChI=1S/C17H27NO2/c1-13(2)14-7-9-15(10-8-14)18-11-16(19)12-20-17-5-3-4-6-17/h7-10,13,16-19H,3-6,11-12H2,1-2H3. The van der Waals surface area contributed by atoms with Crippen LogP contribution in [-0.2, 0) is 4.74 Å². The number of aliphatic hydroxyl groups is 1. The topological polar surface area (TPSA) is 41.5 Å². The Bertz CT molecular complexity index is 382. The summed E-state index contributed by atoms with van der Waals surface area (Å²) in [4.78, 5) is 0. The Balaban J connectivity index is 1.68. The number of anilines is 1. The van der Waals surface area contributed by atoms with E-state index in [1.54, 1.807) is 0 Å². The third-order valence-electron chi connectivity index (χ3n) is 3.95. The molecule has 0 saturated heterocycles. The summed E-state index contributed by atoms with van der Waals surface area (Å²) in [5.41, 5.74) is 2.38. The van der Waals surface area contributed by atoms with E-state index in [0.29, 0.717) is 25.2 Å². The van der Waals surface area contributed by atoms with Crippen molar-refractivity contribution in [1.29, 1.82) is 0 Å². The number of ether oxygens (including phenoxy) is 1. The van der Waals surface area contributed by atoms with Gasteiger partial charge in [-0.15, -0.1) is 0 Å². The van der Waals surface area contributed by atoms with Gasteiger partial charge in [0.1, 0.15) is 0 Å². The summed E-state index contributed by atoms with van der Waals surface area (Å²) in [5, 5.41) is 13.2. The van der Waals surface area contributed by atoms with Crippen LogP contribution < -0.4 is 5.32 Å². The molecule has 1 atom stereocenters. The smallest absolute Gasteiger partial charge is 0.0945 e. The summed E-state index contributed by atoms with van der Waals surface area (Å²) < 4.78 is 5.71. The minimum atomic E-state index is -0.444. The van der Waals surface area contributed by atoms with Gasteiger partial charge in [-0.2, -0.15) is 0 Å². The van der Waals surface area contributed by atoms with Crippen molar-refractivity contribution < 1.29 is 9.84 Å². The number of rotatable bonds is 7. The Labute approximate surface area is 122 Å². The van der Waals surface area contributed by atoms with Crippen LogP contribution in [0.4, 0.5) is 5.69 Å². The fourth-order valence-corrected chi connectivity index (χ4v) is 2.58. The fraction of sp³-hybridized carbons (Fsp3) is 0.647. The summed E-state index contributed by atoms with van der Waals surface area (Å²) >= 11 is 0. The number of benzene rings is 1. The predicted octanol–water partition coefficient (Wildman–Crippen LogP) is 3.54. The van der Waals surface area contributed by atoms with Crippen molar-refractivity contribution in [2.24, 2.45) is 0 Å². The molecule has 1 aromatic carbocycles. The van der Waals surface area contributed by atoms with Crippen molar-refractivity contribution in [2.45, 2.75) is 57.7 Å². The first-order valence-electron chi connectivity index (χ1n) is 7.78. The lowest BCUT2D eigenvalue weighted by atomic mass is 10.0. The molecule has 1 aliphatic carbocycles. The Kier molecular flexibility index (Phi) is 5.86. The van der Waals surface area contributed by atoms with Crippen molar-refractivity contribution in [3.05, 3.63) is 29.8 Å². The van der Waals surface area contributed by atoms with E-state index >= 15 is 0 Å². The number of aliphatic hydroxyl groups excluding tert-OH is 1. The van der Waals surface area contributed by atoms with E-state index < -0.39 is 6.10 Å². The molecule has 1 unspecified atom stereocenters. The molecule has 1 fully saturated rings. The molecule has 0 aliphatic heterocycles. The molecule has 3 nitrogen and oxygen atoms in total. The van der Waals surface area contributed by atoms with Gasteiger partial charge in [0.25, 0.3) is 0 Å². The first-order chi connectivity index (χ1) is 9.65. The molecule has 3 heteroatoms. The number of hydrogen-bond acceptors (Lipinski definition) is 3. The predicted molar refractivity (Wildman–Crippen MR) is 83.2 cm³/mol. The van der Waals surface area contributed by atoms with Gasteiger partial charge in [0, 0.05) is 12.2 Å². The van der Waals surface area contributed by atoms with Crippen molar-refractivity contribution in [3.63, 3.8) is 0 Å². The van der Waals surface area contributed by atoms with Gasteiger partial charge in [-0.1, -0.05) is 38.8 Å². The highest BCUT2D eigenvalue weighted by molar-refractivity contribution is 5.45. The molecule has 0 heterocycles. The van der Waals surface area contributed by atoms with Crippen LogP contribution in [0.1, 0.15) is 51.0 Å². The van der Waals surface area contributed by atoms with Gasteiger partial charge in [-0.3, -0.25) is 0 Å². The van der Waals surface area contributed by atoms with Gasteiger partial charge >= 0.3 is 0 Å². The second kappa shape index (κ2) is 7.65. The molecule has 2 rings (SSSR count). The van der Waals surface area contributed by atoms with E-state index in [1.165, 1.54) is 18.4 Å². The number of hydrogen-bond donors (Lipinski definition) is 2. The average molecular weight is 277 g/mol. The van der Waals surface area contributed by atoms with Gasteiger partial charge in [-0.25, -0.2) is 0 Å². The lowest BCUT2D eigenvalue weighted by Gasteiger charge is -2.16. The third kappa shape index (κ3) is 4.80. The van der Waals surface area contributed by atoms with Crippen molar-refractivity contribution in [3.8, 4) is 0 Å². The maximum atomic E-state index is 9.93. The summed E-state index contributed by atoms with van der Waals surface area (Å²) in [6.07, 6.45) is 4.76. The number of nitrogens with one attached hydrogen (secondary N) is 1. The Morgan fingerprint density at radius 2 is 1.85 bits per heavy atom. The highest BCUT2D eigenvalue weighted by Gasteiger charge is 2.16. The Morgan fingerprint density at radius 3 is 2.45 bits per heavy atom. The molecule has 0 radical (unpaired) electrons. The molecule has 20 heavy (non-hydrogen) atoms. The van der Waals surface area contributed by atoms with E-state index in [0.717, 1.165) is 18.5 Å². The second-order valence-electron chi connectivity index (χ2n) is 6.05. The van der Waals surface area contributed by atoms with E-state index in [4.69, 9.17) is 4.74 Å². The zero-order valence-corrected chi connectivity index (χ0v) is 12.6. The Morgan fingerprint density at radius 1 is 1.20 bits per heavy atom. The first-order valence-corrected chi connectivity index (χ1v) is 7.78. The summed E-state index contributed by atoms with van der Waals surface area (Å²) in [5.74, 6) is 0.550. The molecular weight excluding hydrogens is 250 g/mol. The van der Waals surface area contributed by atoms with Gasteiger partial charge in [-0.05, 0) is 36.5 Å². The van der Waals surface area contributed by atoms with Crippen molar-refractivity contribution in [2.75, 3.05) is 18.5 Å². The minimum Gasteiger partial charge on any atom is -0.389 e. The van der Waals surface area contributed by atoms with Crippen LogP contribution >= 0.6 is 0 Å². The molecule has 2 N–H and O–H groups in total. The van der Waals surface area contributed by atoms with Crippen LogP contribution in [0.15, 0.2) is 24.3 Å². The van der Waals surface area contributed by atoms with E-state index in [-0.39, 0.29) is 0 Å². The van der Waals surface area contributed by atoms with Crippen LogP contribution in [-0.4, -0.2) is 30.5 Å². The normalized spacial score (nSPS) is 17.6. The van der Waals surface area contributed by atoms with Crippen LogP contribution in [0.3, 0.4) is 0 Å². The molecule has 0 aromatic heterocycles. The van der Waals surface area contributed by atoms with Crippen LogP contribution in [0.2, 0.25) is 0 Å². The van der Waals surface area contributed by atoms with Gasteiger partial charge in [0.15, 0.2) is 0 Å². The average Bonchev–Trinajstić information content (AvgIpc) is 2.96. The quantitative estimate of drug-likeness (QED) is 0.801. The summed E-state index contributed by atoms with van der Waals surface area (Å²) in [6.45, 7) is 5.34. The SMILES string of the molecule is CC(C)c1ccc(NCC(O)COC2CCCC2)cc1. The monoisotopic (exact) mass is 277 g/mol. The maximum Gasteiger partial charge on any atom is 0.0945 e. The van der Waals surface area contributed by atoms with Crippen LogP contribution in [0, 0.1) is 0 Å². The van der Waals surface area contributed by atoms with E-state index in [2.05, 4.69) is 43.4 Å². The van der Waals surface area contributed by atoms with Gasteiger partial charge in [0.2, 0.25) is 0 Å². The van der Waals surface area contributed by atoms with Crippen LogP contribution in [0.25, 0.3) is 0 Å². The maximum absolute atomic E-state index is 9.93. The van der Waals surface area contributed by atoms with Gasteiger partial charge in [0.05, 0.1) is 18.8 Å². The third-order valence-corrected chi connectivity index (χ3v) is 3.95. The second-order valence-corrected chi connectivity index (χ2v) is 6.05. The first kappa shape index (κ1) is 15.3. The molecule has 1 saturated carbocycles. The zero-order chi connectivity index (χ0) is 14.4. The molecule has 0 amide bonds. The molecule has 1 aliphatic rings. The van der Waals surface area contributed by atoms with E-state index in [1.807, 2.05) is 0 Å². The highest BCUT2D eigenvalue weighted by Crippen LogP contribution is 2.21. The zero-order valence-electron chi connectivity index (χ0n) is 12.6. The largest absolute Gasteiger partial charge is 0.389 e. The van der Waals surface area contributed by atoms with Crippen LogP contribution in [0.5, 0.6) is 0 Å². The Hall–Kier alpha value is -1.06. The van der Waals surface area contributed by atoms with Gasteiger partial charge < -0.3 is 15.2 Å². The molecule has 1 aromatic rings. The van der Waals surface area contributed by atoms with E-state index in [9.17, 15) is 5.11 Å². The highest BCUT2D eigenvalue weighted by atomic mass is 16.5. The molecule has 0 bridgehead atoms. The van der Waals surface area contributed by atoms with Crippen molar-refractivity contribution >= 4 is 5.69 Å². The summed E-state index contributed by atoms with van der Waals surface area (Å²) in [6, 6.07) is 8.41.